The summed E-state index contributed by atoms with van der Waals surface area (Å²) in [5.41, 5.74) is 0. The van der Waals surface area contributed by atoms with Crippen LogP contribution in [0.3, 0.4) is 0 Å². The molecule has 0 amide bonds. The van der Waals surface area contributed by atoms with E-state index in [4.69, 9.17) is 4.55 Å². The van der Waals surface area contributed by atoms with E-state index in [9.17, 15) is 74.3 Å². The Morgan fingerprint density at radius 3 is 1.07 bits per heavy atom. The van der Waals surface area contributed by atoms with E-state index in [-0.39, 0.29) is 6.15 Å². The summed E-state index contributed by atoms with van der Waals surface area (Å²) in [5.74, 6) is -48.3. The first-order valence-corrected chi connectivity index (χ1v) is 6.93. The van der Waals surface area contributed by atoms with E-state index in [1.165, 1.54) is 0 Å². The number of hydrogen-bond acceptors (Lipinski definition) is 3. The molecule has 0 bridgehead atoms. The summed E-state index contributed by atoms with van der Waals surface area (Å²) in [4.78, 5) is 0. The Kier molecular flexibility index (Phi) is 7.21. The zero-order chi connectivity index (χ0) is 22.7. The van der Waals surface area contributed by atoms with Gasteiger partial charge >= 0.3 is 50.9 Å². The van der Waals surface area contributed by atoms with Crippen molar-refractivity contribution in [3.05, 3.63) is 0 Å². The van der Waals surface area contributed by atoms with Crippen molar-refractivity contribution >= 4 is 10.1 Å². The molecular formula is C8H6F15NO3S. The topological polar surface area (TPSA) is 89.4 Å². The van der Waals surface area contributed by atoms with E-state index < -0.39 is 57.6 Å². The van der Waals surface area contributed by atoms with Gasteiger partial charge < -0.3 is 6.15 Å². The molecule has 28 heavy (non-hydrogen) atoms. The van der Waals surface area contributed by atoms with Crippen LogP contribution in [0.25, 0.3) is 0 Å². The molecule has 0 aliphatic rings. The van der Waals surface area contributed by atoms with Crippen LogP contribution in [0, 0.1) is 0 Å². The Morgan fingerprint density at radius 2 is 0.821 bits per heavy atom. The smallest absolute Gasteiger partial charge is 0.344 e. The van der Waals surface area contributed by atoms with Gasteiger partial charge in [-0.25, -0.2) is 4.39 Å². The Bertz CT molecular complexity index is 673. The Morgan fingerprint density at radius 1 is 0.571 bits per heavy atom. The Hall–Kier alpha value is -1.18. The molecule has 0 aromatic rings. The minimum absolute atomic E-state index is 0. The second-order valence-electron chi connectivity index (χ2n) is 4.70. The van der Waals surface area contributed by atoms with Crippen LogP contribution >= 0.6 is 0 Å². The molecule has 4 N–H and O–H groups in total. The summed E-state index contributed by atoms with van der Waals surface area (Å²) in [7, 11) is -7.75. The molecule has 0 atom stereocenters. The van der Waals surface area contributed by atoms with Gasteiger partial charge in [0.1, 0.15) is 0 Å². The van der Waals surface area contributed by atoms with Gasteiger partial charge in [0.05, 0.1) is 0 Å². The lowest BCUT2D eigenvalue weighted by Gasteiger charge is -2.41. The number of rotatable bonds is 8. The van der Waals surface area contributed by atoms with E-state index in [0.29, 0.717) is 0 Å². The standard InChI is InChI=1S/C8H3F15O3S.H3N/c9-1-2(10,11)3(12,13)4(14,15)5(16,17)6(18,19)7(20,21)8(22,23)27(24,25)26;/h1H2,(H,24,25,26);1H3. The van der Waals surface area contributed by atoms with Crippen molar-refractivity contribution in [2.45, 2.75) is 40.8 Å². The summed E-state index contributed by atoms with van der Waals surface area (Å²) in [6.45, 7) is -3.91. The van der Waals surface area contributed by atoms with Crippen molar-refractivity contribution < 1.29 is 78.8 Å². The van der Waals surface area contributed by atoms with Gasteiger partial charge in [0.15, 0.2) is 6.67 Å². The molecule has 0 aliphatic heterocycles. The highest BCUT2D eigenvalue weighted by Gasteiger charge is 2.94. The van der Waals surface area contributed by atoms with Crippen LogP contribution in [0.15, 0.2) is 0 Å². The van der Waals surface area contributed by atoms with E-state index in [0.717, 1.165) is 0 Å². The van der Waals surface area contributed by atoms with Crippen LogP contribution in [0.1, 0.15) is 0 Å². The van der Waals surface area contributed by atoms with Gasteiger partial charge in [0.2, 0.25) is 0 Å². The predicted octanol–water partition coefficient (Wildman–Crippen LogP) is 4.41. The molecule has 0 spiro atoms. The first-order valence-electron chi connectivity index (χ1n) is 5.49. The maximum absolute atomic E-state index is 13.0. The number of hydrogen-bond donors (Lipinski definition) is 2. The second-order valence-corrected chi connectivity index (χ2v) is 6.16. The van der Waals surface area contributed by atoms with Gasteiger partial charge in [0, 0.05) is 0 Å². The van der Waals surface area contributed by atoms with Gasteiger partial charge in [-0.2, -0.15) is 69.9 Å². The van der Waals surface area contributed by atoms with E-state index in [1.54, 1.807) is 0 Å². The highest BCUT2D eigenvalue weighted by atomic mass is 32.2. The van der Waals surface area contributed by atoms with Gasteiger partial charge in [-0.05, 0) is 0 Å². The Balaban J connectivity index is 0. The van der Waals surface area contributed by atoms with Gasteiger partial charge in [0.25, 0.3) is 0 Å². The summed E-state index contributed by atoms with van der Waals surface area (Å²) < 4.78 is 219. The van der Waals surface area contributed by atoms with Crippen LogP contribution < -0.4 is 6.15 Å². The molecule has 0 unspecified atom stereocenters. The van der Waals surface area contributed by atoms with Gasteiger partial charge in [-0.3, -0.25) is 4.55 Å². The first-order chi connectivity index (χ1) is 11.3. The van der Waals surface area contributed by atoms with Crippen LogP contribution in [0.2, 0.25) is 0 Å². The van der Waals surface area contributed by atoms with Crippen LogP contribution in [0.5, 0.6) is 0 Å². The van der Waals surface area contributed by atoms with E-state index in [2.05, 4.69) is 0 Å². The fourth-order valence-electron chi connectivity index (χ4n) is 1.25. The summed E-state index contributed by atoms with van der Waals surface area (Å²) in [5, 5.41) is -7.68. The fourth-order valence-corrected chi connectivity index (χ4v) is 1.70. The minimum Gasteiger partial charge on any atom is -0.344 e. The van der Waals surface area contributed by atoms with Crippen molar-refractivity contribution in [1.29, 1.82) is 0 Å². The quantitative estimate of drug-likeness (QED) is 0.397. The lowest BCUT2D eigenvalue weighted by molar-refractivity contribution is -0.436. The van der Waals surface area contributed by atoms with Crippen LogP contribution in [-0.4, -0.2) is 60.4 Å². The van der Waals surface area contributed by atoms with E-state index >= 15 is 0 Å². The highest BCUT2D eigenvalue weighted by molar-refractivity contribution is 7.87. The third-order valence-electron chi connectivity index (χ3n) is 2.89. The molecule has 20 heteroatoms. The molecule has 4 nitrogen and oxygen atoms in total. The molecule has 0 saturated carbocycles. The van der Waals surface area contributed by atoms with Gasteiger partial charge in [-0.15, -0.1) is 0 Å². The SMILES string of the molecule is N.O=S(=O)(O)C(F)(F)C(F)(F)C(F)(F)C(F)(F)C(F)(F)C(F)(F)C(F)(F)CF. The molecule has 0 rings (SSSR count). The molecule has 0 aromatic carbocycles. The molecule has 0 aromatic heterocycles. The van der Waals surface area contributed by atoms with Crippen molar-refractivity contribution in [2.24, 2.45) is 0 Å². The third-order valence-corrected chi connectivity index (χ3v) is 3.80. The van der Waals surface area contributed by atoms with Crippen molar-refractivity contribution in [3.63, 3.8) is 0 Å². The monoisotopic (exact) mass is 481 g/mol. The zero-order valence-corrected chi connectivity index (χ0v) is 13.1. The predicted molar refractivity (Wildman–Crippen MR) is 57.2 cm³/mol. The second kappa shape index (κ2) is 6.96. The lowest BCUT2D eigenvalue weighted by atomic mass is 9.91. The molecule has 0 saturated heterocycles. The van der Waals surface area contributed by atoms with E-state index in [1.807, 2.05) is 0 Å². The molecule has 0 aliphatic carbocycles. The minimum atomic E-state index is -8.53. The molecule has 0 radical (unpaired) electrons. The molecular weight excluding hydrogens is 475 g/mol. The van der Waals surface area contributed by atoms with Crippen LogP contribution in [0.4, 0.5) is 65.9 Å². The number of halogens is 15. The van der Waals surface area contributed by atoms with Crippen molar-refractivity contribution in [1.82, 2.24) is 6.15 Å². The lowest BCUT2D eigenvalue weighted by Crippen LogP contribution is -2.73. The normalized spacial score (nSPS) is 16.0. The summed E-state index contributed by atoms with van der Waals surface area (Å²) >= 11 is 0. The van der Waals surface area contributed by atoms with Crippen molar-refractivity contribution in [3.8, 4) is 0 Å². The maximum atomic E-state index is 13.0. The molecule has 0 fully saturated rings. The molecule has 172 valence electrons. The zero-order valence-electron chi connectivity index (χ0n) is 12.3. The summed E-state index contributed by atoms with van der Waals surface area (Å²) in [6, 6.07) is 0. The maximum Gasteiger partial charge on any atom is 0.438 e. The third kappa shape index (κ3) is 3.35. The first kappa shape index (κ1) is 29.0. The van der Waals surface area contributed by atoms with Crippen molar-refractivity contribution in [2.75, 3.05) is 6.67 Å². The highest BCUT2D eigenvalue weighted by Crippen LogP contribution is 2.62. The van der Waals surface area contributed by atoms with Crippen LogP contribution in [-0.2, 0) is 10.1 Å². The van der Waals surface area contributed by atoms with Gasteiger partial charge in [-0.1, -0.05) is 0 Å². The number of alkyl halides is 15. The molecule has 0 heterocycles. The summed E-state index contributed by atoms with van der Waals surface area (Å²) in [6.07, 6.45) is 0. The average molecular weight is 481 g/mol. The average Bonchev–Trinajstić information content (AvgIpc) is 2.44. The Labute approximate surface area is 144 Å². The largest absolute Gasteiger partial charge is 0.438 e. The fraction of sp³-hybridized carbons (Fsp3) is 1.00.